The number of halogens is 1. The molecule has 2 nitrogen and oxygen atoms in total. The first-order valence-electron chi connectivity index (χ1n) is 6.79. The van der Waals surface area contributed by atoms with E-state index in [0.717, 1.165) is 11.4 Å². The summed E-state index contributed by atoms with van der Waals surface area (Å²) >= 11 is 5.93. The van der Waals surface area contributed by atoms with E-state index in [4.69, 9.17) is 11.6 Å². The average Bonchev–Trinajstić information content (AvgIpc) is 2.46. The van der Waals surface area contributed by atoms with Crippen molar-refractivity contribution in [2.45, 2.75) is 12.5 Å². The molecule has 0 heterocycles. The largest absolute Gasteiger partial charge is 0.378 e. The lowest BCUT2D eigenvalue weighted by atomic mass is 9.98. The molecule has 0 radical (unpaired) electrons. The lowest BCUT2D eigenvalue weighted by Gasteiger charge is -2.20. The van der Waals surface area contributed by atoms with Crippen molar-refractivity contribution in [3.05, 3.63) is 64.7 Å². The number of nitrogens with one attached hydrogen (secondary N) is 1. The van der Waals surface area contributed by atoms with Crippen molar-refractivity contribution >= 4 is 17.3 Å². The Labute approximate surface area is 126 Å². The van der Waals surface area contributed by atoms with Gasteiger partial charge in [0.25, 0.3) is 0 Å². The van der Waals surface area contributed by atoms with Crippen LogP contribution in [0, 0.1) is 0 Å². The molecule has 0 fully saturated rings. The molecular weight excluding hydrogens is 268 g/mol. The van der Waals surface area contributed by atoms with Crippen molar-refractivity contribution < 1.29 is 0 Å². The second-order valence-electron chi connectivity index (χ2n) is 5.16. The van der Waals surface area contributed by atoms with Gasteiger partial charge in [0, 0.05) is 30.8 Å². The Kier molecular flexibility index (Phi) is 5.05. The molecule has 0 bridgehead atoms. The van der Waals surface area contributed by atoms with Gasteiger partial charge in [-0.3, -0.25) is 0 Å². The molecule has 20 heavy (non-hydrogen) atoms. The first-order chi connectivity index (χ1) is 9.60. The topological polar surface area (TPSA) is 15.3 Å². The third kappa shape index (κ3) is 3.75. The SMILES string of the molecule is CNC(Cc1ccc(Cl)cc1)c1cccc(N(C)C)c1. The molecule has 0 saturated carbocycles. The molecule has 106 valence electrons. The van der Waals surface area contributed by atoms with Crippen molar-refractivity contribution in [2.75, 3.05) is 26.0 Å². The van der Waals surface area contributed by atoms with Crippen LogP contribution < -0.4 is 10.2 Å². The van der Waals surface area contributed by atoms with Crippen LogP contribution in [0.15, 0.2) is 48.5 Å². The fourth-order valence-corrected chi connectivity index (χ4v) is 2.39. The number of benzene rings is 2. The molecule has 3 heteroatoms. The highest BCUT2D eigenvalue weighted by molar-refractivity contribution is 6.30. The molecule has 1 N–H and O–H groups in total. The Hall–Kier alpha value is -1.51. The van der Waals surface area contributed by atoms with Crippen molar-refractivity contribution in [2.24, 2.45) is 0 Å². The summed E-state index contributed by atoms with van der Waals surface area (Å²) in [7, 11) is 6.13. The molecule has 0 saturated heterocycles. The molecule has 0 spiro atoms. The summed E-state index contributed by atoms with van der Waals surface area (Å²) in [6, 6.07) is 17.0. The van der Waals surface area contributed by atoms with Crippen LogP contribution in [0.3, 0.4) is 0 Å². The fraction of sp³-hybridized carbons (Fsp3) is 0.294. The van der Waals surface area contributed by atoms with E-state index < -0.39 is 0 Å². The Bertz CT molecular complexity index is 549. The van der Waals surface area contributed by atoms with E-state index in [2.05, 4.69) is 60.7 Å². The molecular formula is C17H21ClN2. The zero-order valence-electron chi connectivity index (χ0n) is 12.2. The second-order valence-corrected chi connectivity index (χ2v) is 5.60. The van der Waals surface area contributed by atoms with Gasteiger partial charge in [0.1, 0.15) is 0 Å². The van der Waals surface area contributed by atoms with Gasteiger partial charge in [-0.2, -0.15) is 0 Å². The van der Waals surface area contributed by atoms with Crippen LogP contribution in [-0.4, -0.2) is 21.1 Å². The summed E-state index contributed by atoms with van der Waals surface area (Å²) in [4.78, 5) is 2.12. The van der Waals surface area contributed by atoms with E-state index in [0.29, 0.717) is 6.04 Å². The zero-order valence-corrected chi connectivity index (χ0v) is 13.0. The Balaban J connectivity index is 2.19. The monoisotopic (exact) mass is 288 g/mol. The van der Waals surface area contributed by atoms with Gasteiger partial charge >= 0.3 is 0 Å². The number of hydrogen-bond donors (Lipinski definition) is 1. The number of anilines is 1. The van der Waals surface area contributed by atoms with Gasteiger partial charge in [0.15, 0.2) is 0 Å². The standard InChI is InChI=1S/C17H21ClN2/c1-19-17(11-13-7-9-15(18)10-8-13)14-5-4-6-16(12-14)20(2)3/h4-10,12,17,19H,11H2,1-3H3. The first kappa shape index (κ1) is 14.9. The summed E-state index contributed by atoms with van der Waals surface area (Å²) in [5, 5.41) is 4.18. The summed E-state index contributed by atoms with van der Waals surface area (Å²) in [6.45, 7) is 0. The van der Waals surface area contributed by atoms with Gasteiger partial charge in [-0.1, -0.05) is 35.9 Å². The lowest BCUT2D eigenvalue weighted by Crippen LogP contribution is -2.19. The quantitative estimate of drug-likeness (QED) is 0.897. The van der Waals surface area contributed by atoms with Crippen molar-refractivity contribution in [3.63, 3.8) is 0 Å². The molecule has 0 aromatic heterocycles. The van der Waals surface area contributed by atoms with Crippen LogP contribution in [0.5, 0.6) is 0 Å². The van der Waals surface area contributed by atoms with Gasteiger partial charge in [0.05, 0.1) is 0 Å². The number of likely N-dealkylation sites (N-methyl/N-ethyl adjacent to an activating group) is 1. The molecule has 2 aromatic carbocycles. The minimum absolute atomic E-state index is 0.302. The Morgan fingerprint density at radius 1 is 1.10 bits per heavy atom. The smallest absolute Gasteiger partial charge is 0.0406 e. The summed E-state index contributed by atoms with van der Waals surface area (Å²) in [5.74, 6) is 0. The van der Waals surface area contributed by atoms with Gasteiger partial charge in [-0.15, -0.1) is 0 Å². The molecule has 1 unspecified atom stereocenters. The number of rotatable bonds is 5. The van der Waals surface area contributed by atoms with Crippen LogP contribution in [0.1, 0.15) is 17.2 Å². The van der Waals surface area contributed by atoms with Gasteiger partial charge in [-0.05, 0) is 48.9 Å². The van der Waals surface area contributed by atoms with Gasteiger partial charge in [0.2, 0.25) is 0 Å². The van der Waals surface area contributed by atoms with Gasteiger partial charge < -0.3 is 10.2 Å². The van der Waals surface area contributed by atoms with Crippen LogP contribution in [-0.2, 0) is 6.42 Å². The number of nitrogens with zero attached hydrogens (tertiary/aromatic N) is 1. The normalized spacial score (nSPS) is 12.2. The van der Waals surface area contributed by atoms with E-state index in [1.54, 1.807) is 0 Å². The van der Waals surface area contributed by atoms with Crippen LogP contribution in [0.4, 0.5) is 5.69 Å². The predicted molar refractivity (Wildman–Crippen MR) is 87.7 cm³/mol. The Morgan fingerprint density at radius 2 is 1.80 bits per heavy atom. The van der Waals surface area contributed by atoms with Crippen LogP contribution >= 0.6 is 11.6 Å². The lowest BCUT2D eigenvalue weighted by molar-refractivity contribution is 0.592. The Morgan fingerprint density at radius 3 is 2.40 bits per heavy atom. The zero-order chi connectivity index (χ0) is 14.5. The third-order valence-corrected chi connectivity index (χ3v) is 3.74. The summed E-state index contributed by atoms with van der Waals surface area (Å²) < 4.78 is 0. The van der Waals surface area contributed by atoms with E-state index in [1.165, 1.54) is 16.8 Å². The fourth-order valence-electron chi connectivity index (χ4n) is 2.26. The van der Waals surface area contributed by atoms with Crippen LogP contribution in [0.25, 0.3) is 0 Å². The van der Waals surface area contributed by atoms with Crippen LogP contribution in [0.2, 0.25) is 5.02 Å². The molecule has 0 aliphatic carbocycles. The minimum Gasteiger partial charge on any atom is -0.378 e. The second kappa shape index (κ2) is 6.78. The highest BCUT2D eigenvalue weighted by atomic mass is 35.5. The molecule has 1 atom stereocenters. The molecule has 0 aliphatic rings. The van der Waals surface area contributed by atoms with E-state index >= 15 is 0 Å². The first-order valence-corrected chi connectivity index (χ1v) is 7.17. The average molecular weight is 289 g/mol. The van der Waals surface area contributed by atoms with Gasteiger partial charge in [-0.25, -0.2) is 0 Å². The highest BCUT2D eigenvalue weighted by Gasteiger charge is 2.11. The minimum atomic E-state index is 0.302. The molecule has 0 amide bonds. The van der Waals surface area contributed by atoms with E-state index in [9.17, 15) is 0 Å². The summed E-state index contributed by atoms with van der Waals surface area (Å²) in [6.07, 6.45) is 0.949. The third-order valence-electron chi connectivity index (χ3n) is 3.49. The maximum atomic E-state index is 5.93. The summed E-state index contributed by atoms with van der Waals surface area (Å²) in [5.41, 5.74) is 3.80. The molecule has 2 rings (SSSR count). The highest BCUT2D eigenvalue weighted by Crippen LogP contribution is 2.23. The number of hydrogen-bond acceptors (Lipinski definition) is 2. The maximum absolute atomic E-state index is 5.93. The van der Waals surface area contributed by atoms with E-state index in [-0.39, 0.29) is 0 Å². The van der Waals surface area contributed by atoms with Crippen molar-refractivity contribution in [1.29, 1.82) is 0 Å². The van der Waals surface area contributed by atoms with Crippen molar-refractivity contribution in [3.8, 4) is 0 Å². The maximum Gasteiger partial charge on any atom is 0.0406 e. The molecule has 2 aromatic rings. The van der Waals surface area contributed by atoms with Crippen molar-refractivity contribution in [1.82, 2.24) is 5.32 Å². The molecule has 0 aliphatic heterocycles. The van der Waals surface area contributed by atoms with E-state index in [1.807, 2.05) is 19.2 Å². The predicted octanol–water partition coefficient (Wildman–Crippen LogP) is 3.91.